The first-order valence-electron chi connectivity index (χ1n) is 5.17. The molecule has 2 aliphatic carbocycles. The predicted molar refractivity (Wildman–Crippen MR) is 52.0 cm³/mol. The highest BCUT2D eigenvalue weighted by atomic mass is 14.9. The third kappa shape index (κ3) is 1.56. The molecule has 0 aromatic heterocycles. The van der Waals surface area contributed by atoms with Crippen LogP contribution in [-0.4, -0.2) is 12.6 Å². The number of hydrogen-bond donors (Lipinski definition) is 1. The highest BCUT2D eigenvalue weighted by Crippen LogP contribution is 2.42. The number of hydrogen-bond acceptors (Lipinski definition) is 1. The van der Waals surface area contributed by atoms with E-state index in [2.05, 4.69) is 31.3 Å². The van der Waals surface area contributed by atoms with Crippen molar-refractivity contribution >= 4 is 0 Å². The van der Waals surface area contributed by atoms with Crippen LogP contribution in [0.2, 0.25) is 0 Å². The predicted octanol–water partition coefficient (Wildman–Crippen LogP) is 2.20. The largest absolute Gasteiger partial charge is 0.314 e. The Morgan fingerprint density at radius 3 is 2.67 bits per heavy atom. The second-order valence-corrected chi connectivity index (χ2v) is 4.60. The molecular weight excluding hydrogens is 146 g/mol. The van der Waals surface area contributed by atoms with Crippen LogP contribution in [0.3, 0.4) is 0 Å². The molecule has 2 bridgehead atoms. The van der Waals surface area contributed by atoms with Crippen LogP contribution in [0.1, 0.15) is 26.7 Å². The van der Waals surface area contributed by atoms with E-state index in [0.29, 0.717) is 6.04 Å². The van der Waals surface area contributed by atoms with Crippen LogP contribution in [0.15, 0.2) is 12.2 Å². The van der Waals surface area contributed by atoms with Crippen LogP contribution in [0.25, 0.3) is 0 Å². The van der Waals surface area contributed by atoms with E-state index in [1.807, 2.05) is 0 Å². The van der Waals surface area contributed by atoms with E-state index < -0.39 is 0 Å². The minimum Gasteiger partial charge on any atom is -0.314 e. The molecule has 1 fully saturated rings. The van der Waals surface area contributed by atoms with Crippen molar-refractivity contribution in [3.63, 3.8) is 0 Å². The third-order valence-corrected chi connectivity index (χ3v) is 3.20. The van der Waals surface area contributed by atoms with Crippen LogP contribution < -0.4 is 5.32 Å². The number of nitrogens with one attached hydrogen (secondary N) is 1. The van der Waals surface area contributed by atoms with Crippen LogP contribution in [-0.2, 0) is 0 Å². The molecule has 0 spiro atoms. The van der Waals surface area contributed by atoms with Gasteiger partial charge in [-0.05, 0) is 37.1 Å². The van der Waals surface area contributed by atoms with Gasteiger partial charge in [0.2, 0.25) is 0 Å². The van der Waals surface area contributed by atoms with Gasteiger partial charge in [0, 0.05) is 6.04 Å². The van der Waals surface area contributed by atoms with Gasteiger partial charge in [0.1, 0.15) is 0 Å². The highest BCUT2D eigenvalue weighted by Gasteiger charge is 2.34. The SMILES string of the molecule is CC(C)NC[C@@H]1C[C@H]2C=C[C@@H]1C2. The van der Waals surface area contributed by atoms with Crippen molar-refractivity contribution in [1.82, 2.24) is 5.32 Å². The molecule has 68 valence electrons. The molecule has 0 aliphatic heterocycles. The van der Waals surface area contributed by atoms with Gasteiger partial charge in [-0.25, -0.2) is 0 Å². The maximum atomic E-state index is 3.54. The Bertz CT molecular complexity index is 183. The van der Waals surface area contributed by atoms with Crippen molar-refractivity contribution in [2.24, 2.45) is 17.8 Å². The summed E-state index contributed by atoms with van der Waals surface area (Å²) in [4.78, 5) is 0. The minimum atomic E-state index is 0.646. The van der Waals surface area contributed by atoms with E-state index in [0.717, 1.165) is 17.8 Å². The van der Waals surface area contributed by atoms with Gasteiger partial charge in [-0.1, -0.05) is 26.0 Å². The fourth-order valence-corrected chi connectivity index (χ4v) is 2.52. The van der Waals surface area contributed by atoms with Gasteiger partial charge >= 0.3 is 0 Å². The normalized spacial score (nSPS) is 38.4. The van der Waals surface area contributed by atoms with Crippen molar-refractivity contribution in [1.29, 1.82) is 0 Å². The Hall–Kier alpha value is -0.300. The Labute approximate surface area is 75.2 Å². The first-order valence-corrected chi connectivity index (χ1v) is 5.17. The van der Waals surface area contributed by atoms with Gasteiger partial charge in [0.25, 0.3) is 0 Å². The summed E-state index contributed by atoms with van der Waals surface area (Å²) in [6, 6.07) is 0.646. The molecule has 0 saturated heterocycles. The zero-order valence-electron chi connectivity index (χ0n) is 8.09. The van der Waals surface area contributed by atoms with Crippen LogP contribution in [0, 0.1) is 17.8 Å². The Kier molecular flexibility index (Phi) is 2.22. The molecule has 12 heavy (non-hydrogen) atoms. The van der Waals surface area contributed by atoms with E-state index >= 15 is 0 Å². The van der Waals surface area contributed by atoms with Crippen molar-refractivity contribution in [3.05, 3.63) is 12.2 Å². The Morgan fingerprint density at radius 1 is 1.33 bits per heavy atom. The highest BCUT2D eigenvalue weighted by molar-refractivity contribution is 5.10. The molecule has 0 unspecified atom stereocenters. The smallest absolute Gasteiger partial charge is 0.00104 e. The molecule has 0 radical (unpaired) electrons. The van der Waals surface area contributed by atoms with Gasteiger partial charge < -0.3 is 5.32 Å². The quantitative estimate of drug-likeness (QED) is 0.632. The van der Waals surface area contributed by atoms with Gasteiger partial charge in [-0.3, -0.25) is 0 Å². The Morgan fingerprint density at radius 2 is 2.17 bits per heavy atom. The molecule has 0 heterocycles. The maximum Gasteiger partial charge on any atom is 0.00104 e. The molecule has 2 rings (SSSR count). The lowest BCUT2D eigenvalue weighted by atomic mass is 9.93. The molecule has 1 N–H and O–H groups in total. The molecule has 1 saturated carbocycles. The fourth-order valence-electron chi connectivity index (χ4n) is 2.52. The second kappa shape index (κ2) is 3.21. The third-order valence-electron chi connectivity index (χ3n) is 3.20. The lowest BCUT2D eigenvalue weighted by Crippen LogP contribution is -2.30. The lowest BCUT2D eigenvalue weighted by molar-refractivity contribution is 0.397. The summed E-state index contributed by atoms with van der Waals surface area (Å²) in [6.07, 6.45) is 7.71. The van der Waals surface area contributed by atoms with Gasteiger partial charge in [0.15, 0.2) is 0 Å². The van der Waals surface area contributed by atoms with Crippen LogP contribution in [0.5, 0.6) is 0 Å². The van der Waals surface area contributed by atoms with Crippen molar-refractivity contribution in [2.75, 3.05) is 6.54 Å². The standard InChI is InChI=1S/C11H19N/c1-8(2)12-7-11-6-9-3-4-10(11)5-9/h3-4,8-12H,5-7H2,1-2H3/t9-,10+,11-/m0/s1. The average Bonchev–Trinajstić information content (AvgIpc) is 2.60. The molecule has 0 aromatic rings. The lowest BCUT2D eigenvalue weighted by Gasteiger charge is -2.19. The Balaban J connectivity index is 1.80. The molecule has 3 atom stereocenters. The monoisotopic (exact) mass is 165 g/mol. The number of rotatable bonds is 3. The molecule has 0 amide bonds. The van der Waals surface area contributed by atoms with Crippen molar-refractivity contribution < 1.29 is 0 Å². The van der Waals surface area contributed by atoms with E-state index in [1.165, 1.54) is 19.4 Å². The summed E-state index contributed by atoms with van der Waals surface area (Å²) < 4.78 is 0. The van der Waals surface area contributed by atoms with Gasteiger partial charge in [-0.2, -0.15) is 0 Å². The summed E-state index contributed by atoms with van der Waals surface area (Å²) in [7, 11) is 0. The average molecular weight is 165 g/mol. The first-order chi connectivity index (χ1) is 5.75. The summed E-state index contributed by atoms with van der Waals surface area (Å²) in [5.74, 6) is 2.76. The van der Waals surface area contributed by atoms with E-state index in [9.17, 15) is 0 Å². The van der Waals surface area contributed by atoms with Gasteiger partial charge in [0.05, 0.1) is 0 Å². The zero-order valence-corrected chi connectivity index (χ0v) is 8.09. The molecule has 1 nitrogen and oxygen atoms in total. The maximum absolute atomic E-state index is 3.54. The summed E-state index contributed by atoms with van der Waals surface area (Å²) in [6.45, 7) is 5.68. The summed E-state index contributed by atoms with van der Waals surface area (Å²) >= 11 is 0. The zero-order chi connectivity index (χ0) is 8.55. The van der Waals surface area contributed by atoms with Crippen molar-refractivity contribution in [2.45, 2.75) is 32.7 Å². The topological polar surface area (TPSA) is 12.0 Å². The number of allylic oxidation sites excluding steroid dienone is 2. The first kappa shape index (κ1) is 8.31. The van der Waals surface area contributed by atoms with Gasteiger partial charge in [-0.15, -0.1) is 0 Å². The molecule has 1 heteroatoms. The number of fused-ring (bicyclic) bond motifs is 2. The summed E-state index contributed by atoms with van der Waals surface area (Å²) in [5, 5.41) is 3.54. The van der Waals surface area contributed by atoms with Crippen molar-refractivity contribution in [3.8, 4) is 0 Å². The van der Waals surface area contributed by atoms with Crippen LogP contribution in [0.4, 0.5) is 0 Å². The molecule has 0 aromatic carbocycles. The second-order valence-electron chi connectivity index (χ2n) is 4.60. The van der Waals surface area contributed by atoms with E-state index in [4.69, 9.17) is 0 Å². The van der Waals surface area contributed by atoms with Crippen LogP contribution >= 0.6 is 0 Å². The van der Waals surface area contributed by atoms with E-state index in [1.54, 1.807) is 0 Å². The summed E-state index contributed by atoms with van der Waals surface area (Å²) in [5.41, 5.74) is 0. The molecular formula is C11H19N. The minimum absolute atomic E-state index is 0.646. The molecule has 2 aliphatic rings. The van der Waals surface area contributed by atoms with E-state index in [-0.39, 0.29) is 0 Å². The fraction of sp³-hybridized carbons (Fsp3) is 0.818.